The van der Waals surface area contributed by atoms with Gasteiger partial charge in [-0.05, 0) is 38.7 Å². The zero-order valence-corrected chi connectivity index (χ0v) is 20.4. The molecule has 10 heteroatoms. The summed E-state index contributed by atoms with van der Waals surface area (Å²) in [5, 5.41) is 11.5. The van der Waals surface area contributed by atoms with E-state index in [0.717, 1.165) is 25.7 Å². The maximum absolute atomic E-state index is 12.5. The minimum Gasteiger partial charge on any atom is -0.435 e. The molecule has 1 aliphatic heterocycles. The fourth-order valence-corrected chi connectivity index (χ4v) is 4.67. The van der Waals surface area contributed by atoms with Crippen LogP contribution in [0.5, 0.6) is 0 Å². The summed E-state index contributed by atoms with van der Waals surface area (Å²) < 4.78 is 21.2. The number of hydrogen-bond donors (Lipinski definition) is 0. The fourth-order valence-electron chi connectivity index (χ4n) is 4.67. The van der Waals surface area contributed by atoms with Crippen LogP contribution in [0.25, 0.3) is 5.57 Å². The quantitative estimate of drug-likeness (QED) is 0.254. The molecule has 2 aliphatic rings. The van der Waals surface area contributed by atoms with Crippen molar-refractivity contribution < 1.29 is 33.5 Å². The van der Waals surface area contributed by atoms with Gasteiger partial charge in [-0.15, -0.1) is 0 Å². The first kappa shape index (κ1) is 26.2. The summed E-state index contributed by atoms with van der Waals surface area (Å²) in [6.45, 7) is 5.22. The molecule has 0 N–H and O–H groups in total. The SMILES string of the molecule is CCOC(=O)OC1=C(c2cccc([N+](=O)[O-])c2)C(OC(=O)OCC)C(CC2CCCCC2)N=C1C. The molecule has 1 saturated carbocycles. The average molecular weight is 489 g/mol. The molecule has 3 rings (SSSR count). The van der Waals surface area contributed by atoms with E-state index in [-0.39, 0.29) is 24.7 Å². The molecule has 0 amide bonds. The fraction of sp³-hybridized carbons (Fsp3) is 0.560. The van der Waals surface area contributed by atoms with Crippen molar-refractivity contribution in [2.45, 2.75) is 71.4 Å². The van der Waals surface area contributed by atoms with E-state index in [0.29, 0.717) is 29.2 Å². The number of benzene rings is 1. The van der Waals surface area contributed by atoms with Crippen LogP contribution in [0.1, 0.15) is 64.9 Å². The van der Waals surface area contributed by atoms with Crippen LogP contribution in [0.3, 0.4) is 0 Å². The highest BCUT2D eigenvalue weighted by molar-refractivity contribution is 6.06. The van der Waals surface area contributed by atoms with Crippen molar-refractivity contribution in [3.63, 3.8) is 0 Å². The second-order valence-electron chi connectivity index (χ2n) is 8.58. The molecule has 0 saturated heterocycles. The van der Waals surface area contributed by atoms with Gasteiger partial charge in [-0.25, -0.2) is 9.59 Å². The maximum atomic E-state index is 12.5. The number of carbonyl (C=O) groups is 2. The monoisotopic (exact) mass is 488 g/mol. The Morgan fingerprint density at radius 1 is 1.09 bits per heavy atom. The number of allylic oxidation sites excluding steroid dienone is 1. The number of aliphatic imine (C=N–C) groups is 1. The van der Waals surface area contributed by atoms with Crippen molar-refractivity contribution in [3.8, 4) is 0 Å². The van der Waals surface area contributed by atoms with Gasteiger partial charge in [-0.1, -0.05) is 44.2 Å². The van der Waals surface area contributed by atoms with E-state index in [1.807, 2.05) is 0 Å². The van der Waals surface area contributed by atoms with Crippen molar-refractivity contribution in [2.75, 3.05) is 13.2 Å². The number of carbonyl (C=O) groups excluding carboxylic acids is 2. The molecule has 1 aromatic carbocycles. The third-order valence-corrected chi connectivity index (χ3v) is 6.17. The number of hydrogen-bond acceptors (Lipinski definition) is 9. The Balaban J connectivity index is 2.11. The Bertz CT molecular complexity index is 997. The summed E-state index contributed by atoms with van der Waals surface area (Å²) >= 11 is 0. The molecule has 0 bridgehead atoms. The van der Waals surface area contributed by atoms with Crippen LogP contribution in [0.2, 0.25) is 0 Å². The summed E-state index contributed by atoms with van der Waals surface area (Å²) in [7, 11) is 0. The van der Waals surface area contributed by atoms with Crippen LogP contribution in [-0.4, -0.2) is 48.3 Å². The van der Waals surface area contributed by atoms with Crippen molar-refractivity contribution in [2.24, 2.45) is 10.9 Å². The first-order valence-corrected chi connectivity index (χ1v) is 12.1. The number of dihydropyridines is 1. The van der Waals surface area contributed by atoms with Crippen LogP contribution in [0.4, 0.5) is 15.3 Å². The number of ether oxygens (including phenoxy) is 4. The minimum absolute atomic E-state index is 0.0538. The largest absolute Gasteiger partial charge is 0.513 e. The second kappa shape index (κ2) is 12.3. The Labute approximate surface area is 204 Å². The molecular weight excluding hydrogens is 456 g/mol. The van der Waals surface area contributed by atoms with Gasteiger partial charge in [-0.2, -0.15) is 0 Å². The zero-order valence-electron chi connectivity index (χ0n) is 20.4. The number of nitro groups is 1. The molecule has 0 radical (unpaired) electrons. The summed E-state index contributed by atoms with van der Waals surface area (Å²) in [5.41, 5.74) is 0.979. The normalized spacial score (nSPS) is 20.6. The molecule has 0 aromatic heterocycles. The van der Waals surface area contributed by atoms with Gasteiger partial charge >= 0.3 is 12.3 Å². The summed E-state index contributed by atoms with van der Waals surface area (Å²) in [5.74, 6) is 0.454. The summed E-state index contributed by atoms with van der Waals surface area (Å²) in [4.78, 5) is 40.4. The minimum atomic E-state index is -0.967. The lowest BCUT2D eigenvalue weighted by atomic mass is 9.80. The lowest BCUT2D eigenvalue weighted by Crippen LogP contribution is -2.39. The smallest absolute Gasteiger partial charge is 0.435 e. The van der Waals surface area contributed by atoms with E-state index in [4.69, 9.17) is 23.9 Å². The van der Waals surface area contributed by atoms with Crippen LogP contribution < -0.4 is 0 Å². The number of non-ortho nitro benzene ring substituents is 1. The first-order chi connectivity index (χ1) is 16.8. The molecule has 2 unspecified atom stereocenters. The highest BCUT2D eigenvalue weighted by atomic mass is 16.7. The Kier molecular flexibility index (Phi) is 9.22. The lowest BCUT2D eigenvalue weighted by molar-refractivity contribution is -0.384. The topological polar surface area (TPSA) is 127 Å². The van der Waals surface area contributed by atoms with Gasteiger partial charge < -0.3 is 18.9 Å². The first-order valence-electron chi connectivity index (χ1n) is 12.1. The van der Waals surface area contributed by atoms with Gasteiger partial charge in [0.25, 0.3) is 5.69 Å². The van der Waals surface area contributed by atoms with Gasteiger partial charge in [-0.3, -0.25) is 15.1 Å². The average Bonchev–Trinajstić information content (AvgIpc) is 2.83. The third kappa shape index (κ3) is 6.80. The van der Waals surface area contributed by atoms with Crippen molar-refractivity contribution >= 4 is 29.3 Å². The van der Waals surface area contributed by atoms with E-state index in [9.17, 15) is 19.7 Å². The number of rotatable bonds is 8. The van der Waals surface area contributed by atoms with Crippen molar-refractivity contribution in [1.29, 1.82) is 0 Å². The van der Waals surface area contributed by atoms with Crippen LogP contribution in [-0.2, 0) is 18.9 Å². The van der Waals surface area contributed by atoms with Crippen LogP contribution in [0.15, 0.2) is 35.0 Å². The van der Waals surface area contributed by atoms with E-state index in [1.165, 1.54) is 24.6 Å². The predicted octanol–water partition coefficient (Wildman–Crippen LogP) is 5.83. The highest BCUT2D eigenvalue weighted by Crippen LogP contribution is 2.39. The van der Waals surface area contributed by atoms with Crippen LogP contribution >= 0.6 is 0 Å². The lowest BCUT2D eigenvalue weighted by Gasteiger charge is -2.34. The van der Waals surface area contributed by atoms with E-state index in [2.05, 4.69) is 0 Å². The van der Waals surface area contributed by atoms with Gasteiger partial charge in [0.15, 0.2) is 11.9 Å². The van der Waals surface area contributed by atoms with Crippen molar-refractivity contribution in [3.05, 3.63) is 45.7 Å². The molecule has 190 valence electrons. The van der Waals surface area contributed by atoms with Crippen molar-refractivity contribution in [1.82, 2.24) is 0 Å². The zero-order chi connectivity index (χ0) is 25.4. The van der Waals surface area contributed by atoms with E-state index < -0.39 is 29.4 Å². The van der Waals surface area contributed by atoms with E-state index >= 15 is 0 Å². The van der Waals surface area contributed by atoms with E-state index in [1.54, 1.807) is 26.8 Å². The Morgan fingerprint density at radius 2 is 1.77 bits per heavy atom. The second-order valence-corrected chi connectivity index (χ2v) is 8.58. The molecule has 10 nitrogen and oxygen atoms in total. The van der Waals surface area contributed by atoms with Gasteiger partial charge in [0.05, 0.1) is 29.9 Å². The molecular formula is C25H32N2O8. The molecule has 1 aromatic rings. The summed E-state index contributed by atoms with van der Waals surface area (Å²) in [6, 6.07) is 5.43. The molecule has 1 heterocycles. The standard InChI is InChI=1S/C25H32N2O8/c1-4-32-24(28)34-22-16(3)26-20(14-17-10-7-6-8-11-17)23(35-25(29)33-5-2)21(22)18-12-9-13-19(15-18)27(30)31/h9,12-13,15,17,20,23H,4-8,10-11,14H2,1-3H3. The molecule has 2 atom stereocenters. The van der Waals surface area contributed by atoms with Gasteiger partial charge in [0.1, 0.15) is 0 Å². The van der Waals surface area contributed by atoms with Gasteiger partial charge in [0.2, 0.25) is 0 Å². The molecule has 1 fully saturated rings. The molecule has 0 spiro atoms. The highest BCUT2D eigenvalue weighted by Gasteiger charge is 2.40. The summed E-state index contributed by atoms with van der Waals surface area (Å²) in [6.07, 6.45) is 3.43. The number of nitrogens with zero attached hydrogens (tertiary/aromatic N) is 2. The predicted molar refractivity (Wildman–Crippen MR) is 128 cm³/mol. The number of nitro benzene ring substituents is 1. The third-order valence-electron chi connectivity index (χ3n) is 6.17. The molecule has 1 aliphatic carbocycles. The molecule has 35 heavy (non-hydrogen) atoms. The van der Waals surface area contributed by atoms with Crippen LogP contribution in [0, 0.1) is 16.0 Å². The van der Waals surface area contributed by atoms with Gasteiger partial charge in [0, 0.05) is 17.7 Å². The maximum Gasteiger partial charge on any atom is 0.513 e. The Morgan fingerprint density at radius 3 is 2.43 bits per heavy atom. The Hall–Kier alpha value is -3.43.